The van der Waals surface area contributed by atoms with Crippen LogP contribution in [-0.2, 0) is 4.79 Å². The van der Waals surface area contributed by atoms with E-state index in [1.165, 1.54) is 0 Å². The summed E-state index contributed by atoms with van der Waals surface area (Å²) in [7, 11) is 0. The van der Waals surface area contributed by atoms with Gasteiger partial charge in [-0.2, -0.15) is 0 Å². The zero-order valence-electron chi connectivity index (χ0n) is 11.5. The maximum Gasteiger partial charge on any atom is 0.227 e. The highest BCUT2D eigenvalue weighted by Crippen LogP contribution is 2.25. The Labute approximate surface area is 105 Å². The maximum atomic E-state index is 12.1. The van der Waals surface area contributed by atoms with Gasteiger partial charge in [0.25, 0.3) is 0 Å². The molecule has 0 radical (unpaired) electrons. The lowest BCUT2D eigenvalue weighted by molar-refractivity contribution is -0.131. The van der Waals surface area contributed by atoms with Crippen molar-refractivity contribution < 1.29 is 9.90 Å². The Kier molecular flexibility index (Phi) is 8.17. The zero-order chi connectivity index (χ0) is 13.3. The summed E-state index contributed by atoms with van der Waals surface area (Å²) >= 11 is 0. The van der Waals surface area contributed by atoms with Gasteiger partial charge in [0, 0.05) is 19.7 Å². The van der Waals surface area contributed by atoms with E-state index in [-0.39, 0.29) is 12.5 Å². The van der Waals surface area contributed by atoms with Crippen LogP contribution < -0.4 is 11.1 Å². The lowest BCUT2D eigenvalue weighted by Gasteiger charge is -2.29. The molecule has 0 aromatic carbocycles. The Morgan fingerprint density at radius 3 is 2.29 bits per heavy atom. The molecule has 0 heterocycles. The summed E-state index contributed by atoms with van der Waals surface area (Å²) < 4.78 is 0. The highest BCUT2D eigenvalue weighted by molar-refractivity contribution is 5.82. The van der Waals surface area contributed by atoms with E-state index in [0.717, 1.165) is 25.7 Å². The third-order valence-corrected chi connectivity index (χ3v) is 3.89. The number of aliphatic hydroxyl groups excluding tert-OH is 1. The van der Waals surface area contributed by atoms with Crippen molar-refractivity contribution in [3.8, 4) is 0 Å². The minimum absolute atomic E-state index is 0.0568. The van der Waals surface area contributed by atoms with Crippen LogP contribution in [0.25, 0.3) is 0 Å². The quantitative estimate of drug-likeness (QED) is 0.572. The summed E-state index contributed by atoms with van der Waals surface area (Å²) in [6.07, 6.45) is 3.24. The molecule has 0 fully saturated rings. The van der Waals surface area contributed by atoms with Crippen LogP contribution in [0.5, 0.6) is 0 Å². The molecule has 0 saturated carbocycles. The van der Waals surface area contributed by atoms with E-state index in [1.807, 2.05) is 13.8 Å². The summed E-state index contributed by atoms with van der Waals surface area (Å²) in [6, 6.07) is 0. The van der Waals surface area contributed by atoms with Crippen LogP contribution in [-0.4, -0.2) is 30.7 Å². The van der Waals surface area contributed by atoms with Gasteiger partial charge in [0.05, 0.1) is 5.41 Å². The zero-order valence-corrected chi connectivity index (χ0v) is 11.5. The molecular weight excluding hydrogens is 216 g/mol. The van der Waals surface area contributed by atoms with Gasteiger partial charge in [-0.05, 0) is 25.2 Å². The summed E-state index contributed by atoms with van der Waals surface area (Å²) in [6.45, 7) is 7.28. The Balaban J connectivity index is 4.31. The van der Waals surface area contributed by atoms with Crippen molar-refractivity contribution >= 4 is 5.91 Å². The number of hydrogen-bond donors (Lipinski definition) is 3. The van der Waals surface area contributed by atoms with Crippen LogP contribution in [0, 0.1) is 11.3 Å². The van der Waals surface area contributed by atoms with Crippen LogP contribution in [0.4, 0.5) is 0 Å². The van der Waals surface area contributed by atoms with Gasteiger partial charge in [-0.1, -0.05) is 27.2 Å². The number of amides is 1. The number of hydrogen-bond acceptors (Lipinski definition) is 3. The van der Waals surface area contributed by atoms with Gasteiger partial charge in [0.1, 0.15) is 0 Å². The highest BCUT2D eigenvalue weighted by atomic mass is 16.3. The first-order chi connectivity index (χ1) is 8.10. The smallest absolute Gasteiger partial charge is 0.227 e. The number of nitrogens with one attached hydrogen (secondary N) is 1. The van der Waals surface area contributed by atoms with E-state index >= 15 is 0 Å². The van der Waals surface area contributed by atoms with E-state index in [2.05, 4.69) is 12.2 Å². The molecule has 1 unspecified atom stereocenters. The Morgan fingerprint density at radius 1 is 1.35 bits per heavy atom. The average Bonchev–Trinajstić information content (AvgIpc) is 2.37. The second-order valence-electron chi connectivity index (χ2n) is 4.69. The molecule has 0 aliphatic heterocycles. The van der Waals surface area contributed by atoms with Gasteiger partial charge >= 0.3 is 0 Å². The predicted octanol–water partition coefficient (Wildman–Crippen LogP) is 1.28. The maximum absolute atomic E-state index is 12.1. The Bertz CT molecular complexity index is 207. The van der Waals surface area contributed by atoms with Crippen LogP contribution in [0.3, 0.4) is 0 Å². The number of carbonyl (C=O) groups excluding carboxylic acids is 1. The lowest BCUT2D eigenvalue weighted by Crippen LogP contribution is -2.46. The van der Waals surface area contributed by atoms with Crippen molar-refractivity contribution in [2.45, 2.75) is 46.5 Å². The van der Waals surface area contributed by atoms with E-state index in [1.54, 1.807) is 0 Å². The molecule has 4 heteroatoms. The van der Waals surface area contributed by atoms with Crippen molar-refractivity contribution in [3.63, 3.8) is 0 Å². The van der Waals surface area contributed by atoms with Gasteiger partial charge < -0.3 is 16.2 Å². The summed E-state index contributed by atoms with van der Waals surface area (Å²) in [4.78, 5) is 12.1. The SMILES string of the molecule is CCC(CCO)CNC(=O)C(CC)(CC)CN. The molecule has 102 valence electrons. The topological polar surface area (TPSA) is 75.3 Å². The number of aliphatic hydroxyl groups is 1. The molecule has 1 amide bonds. The molecular formula is C13H28N2O2. The molecule has 0 aromatic rings. The Morgan fingerprint density at radius 2 is 1.94 bits per heavy atom. The summed E-state index contributed by atoms with van der Waals surface area (Å²) in [5.74, 6) is 0.412. The first-order valence-corrected chi connectivity index (χ1v) is 6.69. The first-order valence-electron chi connectivity index (χ1n) is 6.69. The minimum atomic E-state index is -0.419. The Hall–Kier alpha value is -0.610. The second kappa shape index (κ2) is 8.48. The van der Waals surface area contributed by atoms with Gasteiger partial charge in [-0.25, -0.2) is 0 Å². The van der Waals surface area contributed by atoms with Gasteiger partial charge in [-0.3, -0.25) is 4.79 Å². The molecule has 17 heavy (non-hydrogen) atoms. The third kappa shape index (κ3) is 4.64. The van der Waals surface area contributed by atoms with Crippen molar-refractivity contribution in [2.75, 3.05) is 19.7 Å². The molecule has 0 saturated heterocycles. The van der Waals surface area contributed by atoms with E-state index in [9.17, 15) is 4.79 Å². The summed E-state index contributed by atoms with van der Waals surface area (Å²) in [5.41, 5.74) is 5.31. The predicted molar refractivity (Wildman–Crippen MR) is 70.6 cm³/mol. The molecule has 4 nitrogen and oxygen atoms in total. The number of rotatable bonds is 9. The number of carbonyl (C=O) groups is 1. The lowest BCUT2D eigenvalue weighted by atomic mass is 9.81. The van der Waals surface area contributed by atoms with E-state index in [4.69, 9.17) is 10.8 Å². The van der Waals surface area contributed by atoms with Crippen LogP contribution >= 0.6 is 0 Å². The molecule has 0 aromatic heterocycles. The standard InChI is InChI=1S/C13H28N2O2/c1-4-11(7-8-16)9-15-12(17)13(5-2,6-3)10-14/h11,16H,4-10,14H2,1-3H3,(H,15,17). The normalized spacial score (nSPS) is 13.5. The van der Waals surface area contributed by atoms with E-state index in [0.29, 0.717) is 19.0 Å². The minimum Gasteiger partial charge on any atom is -0.396 e. The van der Waals surface area contributed by atoms with Crippen LogP contribution in [0.15, 0.2) is 0 Å². The molecule has 0 bridgehead atoms. The fourth-order valence-corrected chi connectivity index (χ4v) is 2.01. The van der Waals surface area contributed by atoms with Crippen molar-refractivity contribution in [1.82, 2.24) is 5.32 Å². The van der Waals surface area contributed by atoms with E-state index < -0.39 is 5.41 Å². The molecule has 0 spiro atoms. The molecule has 0 rings (SSSR count). The highest BCUT2D eigenvalue weighted by Gasteiger charge is 2.33. The summed E-state index contributed by atoms with van der Waals surface area (Å²) in [5, 5.41) is 11.9. The van der Waals surface area contributed by atoms with Crippen LogP contribution in [0.1, 0.15) is 46.5 Å². The monoisotopic (exact) mass is 244 g/mol. The van der Waals surface area contributed by atoms with Crippen molar-refractivity contribution in [1.29, 1.82) is 0 Å². The molecule has 0 aliphatic rings. The van der Waals surface area contributed by atoms with Crippen molar-refractivity contribution in [3.05, 3.63) is 0 Å². The second-order valence-corrected chi connectivity index (χ2v) is 4.69. The third-order valence-electron chi connectivity index (χ3n) is 3.89. The van der Waals surface area contributed by atoms with Crippen LogP contribution in [0.2, 0.25) is 0 Å². The average molecular weight is 244 g/mol. The van der Waals surface area contributed by atoms with Gasteiger partial charge in [-0.15, -0.1) is 0 Å². The fourth-order valence-electron chi connectivity index (χ4n) is 2.01. The number of nitrogens with two attached hydrogens (primary N) is 1. The van der Waals surface area contributed by atoms with Gasteiger partial charge in [0.15, 0.2) is 0 Å². The molecule has 4 N–H and O–H groups in total. The molecule has 1 atom stereocenters. The van der Waals surface area contributed by atoms with Gasteiger partial charge in [0.2, 0.25) is 5.91 Å². The molecule has 0 aliphatic carbocycles. The first kappa shape index (κ1) is 16.4. The fraction of sp³-hybridized carbons (Fsp3) is 0.923. The largest absolute Gasteiger partial charge is 0.396 e. The van der Waals surface area contributed by atoms with Crippen molar-refractivity contribution in [2.24, 2.45) is 17.1 Å².